The molecule has 6 rings (SSSR count). The average Bonchev–Trinajstić information content (AvgIpc) is 3.47. The number of hydrogen-bond donors (Lipinski definition) is 0. The van der Waals surface area contributed by atoms with Gasteiger partial charge in [-0.15, -0.1) is 0 Å². The van der Waals surface area contributed by atoms with Gasteiger partial charge in [-0.25, -0.2) is 0 Å². The van der Waals surface area contributed by atoms with Gasteiger partial charge >= 0.3 is 11.9 Å². The van der Waals surface area contributed by atoms with E-state index in [1.807, 2.05) is 98.8 Å². The first kappa shape index (κ1) is 32.2. The summed E-state index contributed by atoms with van der Waals surface area (Å²) in [5.41, 5.74) is 7.41. The summed E-state index contributed by atoms with van der Waals surface area (Å²) in [6, 6.07) is 26.9. The molecule has 0 amide bonds. The summed E-state index contributed by atoms with van der Waals surface area (Å²) in [6.45, 7) is 5.11. The smallest absolute Gasteiger partial charge is 0.318 e. The van der Waals surface area contributed by atoms with E-state index in [-0.39, 0.29) is 12.8 Å². The molecule has 4 aromatic carbocycles. The molecule has 0 bridgehead atoms. The second kappa shape index (κ2) is 13.6. The minimum atomic E-state index is -0.619. The summed E-state index contributed by atoms with van der Waals surface area (Å²) < 4.78 is 20.7. The number of nitrogens with zero attached hydrogens (tertiary/aromatic N) is 2. The van der Waals surface area contributed by atoms with Gasteiger partial charge in [0.2, 0.25) is 0 Å². The molecular formula is C38H34Cl2N2O5. The van der Waals surface area contributed by atoms with Crippen molar-refractivity contribution in [1.29, 1.82) is 0 Å². The Balaban J connectivity index is 1.26. The summed E-state index contributed by atoms with van der Waals surface area (Å²) >= 11 is 12.2. The second-order valence-electron chi connectivity index (χ2n) is 11.5. The lowest BCUT2D eigenvalue weighted by Crippen LogP contribution is -2.17. The van der Waals surface area contributed by atoms with Crippen LogP contribution in [0, 0.1) is 13.8 Å². The van der Waals surface area contributed by atoms with Crippen molar-refractivity contribution < 1.29 is 23.8 Å². The molecule has 0 fully saturated rings. The summed E-state index contributed by atoms with van der Waals surface area (Å²) in [6.07, 6.45) is -0.139. The van der Waals surface area contributed by atoms with Gasteiger partial charge in [0.05, 0.1) is 27.1 Å². The summed E-state index contributed by atoms with van der Waals surface area (Å²) in [7, 11) is 3.21. The van der Waals surface area contributed by atoms with Crippen LogP contribution in [0.25, 0.3) is 21.8 Å². The molecule has 0 atom stereocenters. The molecule has 0 aliphatic rings. The molecule has 0 spiro atoms. The fourth-order valence-corrected chi connectivity index (χ4v) is 6.45. The zero-order valence-corrected chi connectivity index (χ0v) is 28.1. The molecule has 0 N–H and O–H groups in total. The second-order valence-corrected chi connectivity index (χ2v) is 12.4. The van der Waals surface area contributed by atoms with E-state index < -0.39 is 11.9 Å². The largest absolute Gasteiger partial charge is 0.497 e. The highest BCUT2D eigenvalue weighted by Crippen LogP contribution is 2.33. The number of hydrogen-bond acceptors (Lipinski definition) is 5. The van der Waals surface area contributed by atoms with Gasteiger partial charge in [-0.05, 0) is 96.8 Å². The van der Waals surface area contributed by atoms with E-state index in [4.69, 9.17) is 37.4 Å². The molecule has 2 heterocycles. The van der Waals surface area contributed by atoms with E-state index in [0.29, 0.717) is 34.6 Å². The van der Waals surface area contributed by atoms with Crippen LogP contribution in [0.3, 0.4) is 0 Å². The Bertz CT molecular complexity index is 1960. The third-order valence-corrected chi connectivity index (χ3v) is 9.20. The molecule has 0 unspecified atom stereocenters. The molecule has 0 aliphatic heterocycles. The molecule has 6 aromatic rings. The molecule has 0 aliphatic carbocycles. The van der Waals surface area contributed by atoms with Crippen molar-refractivity contribution in [3.05, 3.63) is 129 Å². The Morgan fingerprint density at radius 1 is 0.596 bits per heavy atom. The van der Waals surface area contributed by atoms with Gasteiger partial charge < -0.3 is 23.3 Å². The topological polar surface area (TPSA) is 71.7 Å². The lowest BCUT2D eigenvalue weighted by atomic mass is 10.1. The zero-order valence-electron chi connectivity index (χ0n) is 26.6. The molecule has 7 nitrogen and oxygen atoms in total. The van der Waals surface area contributed by atoms with Crippen LogP contribution in [-0.4, -0.2) is 35.3 Å². The first-order valence-corrected chi connectivity index (χ1v) is 15.9. The van der Waals surface area contributed by atoms with Crippen LogP contribution in [0.5, 0.6) is 11.5 Å². The van der Waals surface area contributed by atoms with Gasteiger partial charge in [0.1, 0.15) is 11.5 Å². The SMILES string of the molecule is COc1ccc2c(c1)c(CC(=O)OC(=O)Cc1c(C)n(Cc3ccc(Cl)cc3)c3ccc(OC)cc13)c(C)n2Cc1ccc(Cl)cc1. The van der Waals surface area contributed by atoms with E-state index in [2.05, 4.69) is 9.13 Å². The zero-order chi connectivity index (χ0) is 33.2. The van der Waals surface area contributed by atoms with Crippen LogP contribution < -0.4 is 9.47 Å². The standard InChI is InChI=1S/C38H34Cl2N2O5/c1-23-31(33-17-29(45-3)13-15-35(33)41(23)21-25-5-9-27(39)10-6-25)19-37(43)47-38(44)20-32-24(2)42(22-26-7-11-28(40)12-8-26)36-16-14-30(46-4)18-34(32)36/h5-18H,19-22H2,1-4H3. The van der Waals surface area contributed by atoms with Crippen molar-refractivity contribution in [3.8, 4) is 11.5 Å². The number of fused-ring (bicyclic) bond motifs is 2. The Hall–Kier alpha value is -4.72. The number of carbonyl (C=O) groups is 2. The maximum absolute atomic E-state index is 13.4. The predicted octanol–water partition coefficient (Wildman–Crippen LogP) is 8.49. The normalized spacial score (nSPS) is 11.3. The summed E-state index contributed by atoms with van der Waals surface area (Å²) in [5.74, 6) is 0.110. The number of halogens is 2. The predicted molar refractivity (Wildman–Crippen MR) is 186 cm³/mol. The maximum Gasteiger partial charge on any atom is 0.318 e. The molecule has 0 saturated carbocycles. The fourth-order valence-electron chi connectivity index (χ4n) is 6.20. The highest BCUT2D eigenvalue weighted by molar-refractivity contribution is 6.30. The lowest BCUT2D eigenvalue weighted by Gasteiger charge is -2.10. The minimum absolute atomic E-state index is 0.0695. The van der Waals surface area contributed by atoms with Crippen molar-refractivity contribution in [1.82, 2.24) is 9.13 Å². The Kier molecular flexibility index (Phi) is 9.30. The number of carbonyl (C=O) groups excluding carboxylic acids is 2. The van der Waals surface area contributed by atoms with E-state index in [0.717, 1.165) is 55.4 Å². The van der Waals surface area contributed by atoms with Crippen molar-refractivity contribution in [2.24, 2.45) is 0 Å². The number of esters is 2. The molecule has 0 saturated heterocycles. The van der Waals surface area contributed by atoms with Crippen molar-refractivity contribution in [2.45, 2.75) is 39.8 Å². The minimum Gasteiger partial charge on any atom is -0.497 e. The Labute approximate surface area is 283 Å². The average molecular weight is 670 g/mol. The fraction of sp³-hybridized carbons (Fsp3) is 0.211. The molecule has 0 radical (unpaired) electrons. The number of methoxy groups -OCH3 is 2. The molecule has 2 aromatic heterocycles. The highest BCUT2D eigenvalue weighted by Gasteiger charge is 2.23. The van der Waals surface area contributed by atoms with Gasteiger partial charge in [-0.2, -0.15) is 0 Å². The molecular weight excluding hydrogens is 635 g/mol. The van der Waals surface area contributed by atoms with Crippen molar-refractivity contribution in [2.75, 3.05) is 14.2 Å². The number of rotatable bonds is 10. The van der Waals surface area contributed by atoms with Crippen LogP contribution in [0.1, 0.15) is 33.6 Å². The first-order chi connectivity index (χ1) is 22.6. The van der Waals surface area contributed by atoms with Crippen molar-refractivity contribution >= 4 is 56.9 Å². The van der Waals surface area contributed by atoms with E-state index in [9.17, 15) is 9.59 Å². The van der Waals surface area contributed by atoms with Crippen LogP contribution in [0.2, 0.25) is 10.0 Å². The van der Waals surface area contributed by atoms with Crippen LogP contribution >= 0.6 is 23.2 Å². The van der Waals surface area contributed by atoms with Gasteiger partial charge in [-0.1, -0.05) is 47.5 Å². The van der Waals surface area contributed by atoms with Gasteiger partial charge in [0, 0.05) is 56.3 Å². The third-order valence-electron chi connectivity index (χ3n) is 8.70. The lowest BCUT2D eigenvalue weighted by molar-refractivity contribution is -0.158. The van der Waals surface area contributed by atoms with Gasteiger partial charge in [0.25, 0.3) is 0 Å². The summed E-state index contributed by atoms with van der Waals surface area (Å²) in [4.78, 5) is 26.7. The quantitative estimate of drug-likeness (QED) is 0.108. The van der Waals surface area contributed by atoms with Crippen LogP contribution in [0.15, 0.2) is 84.9 Å². The van der Waals surface area contributed by atoms with Crippen molar-refractivity contribution in [3.63, 3.8) is 0 Å². The third kappa shape index (κ3) is 6.73. The van der Waals surface area contributed by atoms with Crippen LogP contribution in [-0.2, 0) is 40.3 Å². The Morgan fingerprint density at radius 3 is 1.34 bits per heavy atom. The van der Waals surface area contributed by atoms with E-state index >= 15 is 0 Å². The molecule has 240 valence electrons. The first-order valence-electron chi connectivity index (χ1n) is 15.2. The van der Waals surface area contributed by atoms with Gasteiger partial charge in [-0.3, -0.25) is 9.59 Å². The summed E-state index contributed by atoms with van der Waals surface area (Å²) in [5, 5.41) is 3.07. The van der Waals surface area contributed by atoms with E-state index in [1.54, 1.807) is 14.2 Å². The van der Waals surface area contributed by atoms with Gasteiger partial charge in [0.15, 0.2) is 0 Å². The number of ether oxygens (including phenoxy) is 3. The maximum atomic E-state index is 13.4. The van der Waals surface area contributed by atoms with E-state index in [1.165, 1.54) is 0 Å². The monoisotopic (exact) mass is 668 g/mol. The number of benzene rings is 4. The molecule has 47 heavy (non-hydrogen) atoms. The molecule has 9 heteroatoms. The number of aromatic nitrogens is 2. The Morgan fingerprint density at radius 2 is 0.979 bits per heavy atom. The van der Waals surface area contributed by atoms with Crippen LogP contribution in [0.4, 0.5) is 0 Å². The highest BCUT2D eigenvalue weighted by atomic mass is 35.5.